The van der Waals surface area contributed by atoms with Gasteiger partial charge < -0.3 is 14.8 Å². The van der Waals surface area contributed by atoms with Gasteiger partial charge in [0.1, 0.15) is 0 Å². The Morgan fingerprint density at radius 2 is 2.14 bits per heavy atom. The van der Waals surface area contributed by atoms with Crippen LogP contribution in [0.3, 0.4) is 0 Å². The van der Waals surface area contributed by atoms with E-state index in [4.69, 9.17) is 9.47 Å². The van der Waals surface area contributed by atoms with Crippen molar-refractivity contribution in [3.05, 3.63) is 0 Å². The lowest BCUT2D eigenvalue weighted by atomic mass is 9.97. The summed E-state index contributed by atoms with van der Waals surface area (Å²) in [4.78, 5) is 0. The van der Waals surface area contributed by atoms with Gasteiger partial charge in [0.15, 0.2) is 0 Å². The first kappa shape index (κ1) is 10.4. The van der Waals surface area contributed by atoms with Gasteiger partial charge in [-0.25, -0.2) is 0 Å². The minimum Gasteiger partial charge on any atom is -0.381 e. The fourth-order valence-corrected chi connectivity index (χ4v) is 2.23. The fourth-order valence-electron chi connectivity index (χ4n) is 2.23. The van der Waals surface area contributed by atoms with Crippen molar-refractivity contribution in [3.8, 4) is 0 Å². The van der Waals surface area contributed by atoms with Crippen LogP contribution < -0.4 is 5.32 Å². The lowest BCUT2D eigenvalue weighted by Crippen LogP contribution is -2.43. The quantitative estimate of drug-likeness (QED) is 0.684. The molecule has 2 saturated heterocycles. The topological polar surface area (TPSA) is 30.5 Å². The monoisotopic (exact) mass is 199 g/mol. The molecule has 0 aromatic carbocycles. The van der Waals surface area contributed by atoms with Crippen LogP contribution in [0.5, 0.6) is 0 Å². The van der Waals surface area contributed by atoms with Crippen molar-refractivity contribution in [2.45, 2.75) is 32.4 Å². The smallest absolute Gasteiger partial charge is 0.0722 e. The highest BCUT2D eigenvalue weighted by molar-refractivity contribution is 4.84. The van der Waals surface area contributed by atoms with E-state index >= 15 is 0 Å². The molecule has 14 heavy (non-hydrogen) atoms. The summed E-state index contributed by atoms with van der Waals surface area (Å²) >= 11 is 0. The first-order valence-corrected chi connectivity index (χ1v) is 5.70. The van der Waals surface area contributed by atoms with Crippen molar-refractivity contribution in [2.24, 2.45) is 11.8 Å². The molecule has 82 valence electrons. The molecule has 1 N–H and O–H groups in total. The standard InChI is InChI=1S/C11H21NO2/c1-8(2)11-5-12-10-3-4-13-6-9(10)7-14-11/h8-12H,3-7H2,1-2H3. The minimum absolute atomic E-state index is 0.376. The number of nitrogens with one attached hydrogen (secondary N) is 1. The summed E-state index contributed by atoms with van der Waals surface area (Å²) in [5.74, 6) is 1.16. The highest BCUT2D eigenvalue weighted by atomic mass is 16.5. The van der Waals surface area contributed by atoms with Crippen LogP contribution >= 0.6 is 0 Å². The molecule has 2 rings (SSSR count). The van der Waals surface area contributed by atoms with E-state index in [-0.39, 0.29) is 0 Å². The second-order valence-corrected chi connectivity index (χ2v) is 4.75. The highest BCUT2D eigenvalue weighted by Gasteiger charge is 2.30. The van der Waals surface area contributed by atoms with Crippen LogP contribution in [0.15, 0.2) is 0 Å². The molecule has 2 fully saturated rings. The second kappa shape index (κ2) is 4.60. The summed E-state index contributed by atoms with van der Waals surface area (Å²) in [7, 11) is 0. The van der Waals surface area contributed by atoms with E-state index in [0.717, 1.165) is 32.8 Å². The second-order valence-electron chi connectivity index (χ2n) is 4.75. The van der Waals surface area contributed by atoms with E-state index in [2.05, 4.69) is 19.2 Å². The highest BCUT2D eigenvalue weighted by Crippen LogP contribution is 2.20. The molecule has 0 bridgehead atoms. The molecular weight excluding hydrogens is 178 g/mol. The van der Waals surface area contributed by atoms with Crippen LogP contribution in [-0.4, -0.2) is 38.5 Å². The third-order valence-electron chi connectivity index (χ3n) is 3.32. The van der Waals surface area contributed by atoms with E-state index in [1.807, 2.05) is 0 Å². The van der Waals surface area contributed by atoms with Gasteiger partial charge in [-0.05, 0) is 12.3 Å². The maximum atomic E-state index is 5.89. The van der Waals surface area contributed by atoms with Gasteiger partial charge in [0.25, 0.3) is 0 Å². The van der Waals surface area contributed by atoms with Crippen LogP contribution in [0.25, 0.3) is 0 Å². The molecule has 3 nitrogen and oxygen atoms in total. The zero-order valence-corrected chi connectivity index (χ0v) is 9.16. The molecule has 0 amide bonds. The molecule has 2 aliphatic rings. The molecule has 0 aliphatic carbocycles. The number of hydrogen-bond acceptors (Lipinski definition) is 3. The molecule has 2 aliphatic heterocycles. The Bertz CT molecular complexity index is 168. The van der Waals surface area contributed by atoms with Crippen molar-refractivity contribution >= 4 is 0 Å². The van der Waals surface area contributed by atoms with E-state index in [1.54, 1.807) is 0 Å². The molecule has 0 aromatic heterocycles. The summed E-state index contributed by atoms with van der Waals surface area (Å²) in [5.41, 5.74) is 0. The number of fused-ring (bicyclic) bond motifs is 1. The number of hydrogen-bond donors (Lipinski definition) is 1. The zero-order valence-electron chi connectivity index (χ0n) is 9.16. The fraction of sp³-hybridized carbons (Fsp3) is 1.00. The molecular formula is C11H21NO2. The molecule has 2 heterocycles. The van der Waals surface area contributed by atoms with Gasteiger partial charge in [0, 0.05) is 25.1 Å². The van der Waals surface area contributed by atoms with E-state index < -0.39 is 0 Å². The summed E-state index contributed by atoms with van der Waals surface area (Å²) in [6.07, 6.45) is 1.51. The Labute approximate surface area is 86.2 Å². The maximum absolute atomic E-state index is 5.89. The molecule has 0 aromatic rings. The Hall–Kier alpha value is -0.120. The lowest BCUT2D eigenvalue weighted by Gasteiger charge is -2.29. The average molecular weight is 199 g/mol. The Balaban J connectivity index is 1.92. The summed E-state index contributed by atoms with van der Waals surface area (Å²) in [6, 6.07) is 0.618. The normalized spacial score (nSPS) is 39.2. The first-order valence-electron chi connectivity index (χ1n) is 5.70. The molecule has 3 atom stereocenters. The van der Waals surface area contributed by atoms with Gasteiger partial charge >= 0.3 is 0 Å². The van der Waals surface area contributed by atoms with Crippen LogP contribution in [0.4, 0.5) is 0 Å². The maximum Gasteiger partial charge on any atom is 0.0722 e. The SMILES string of the molecule is CC(C)C1CNC2CCOCC2CO1. The molecule has 0 saturated carbocycles. The number of rotatable bonds is 1. The summed E-state index contributed by atoms with van der Waals surface area (Å²) in [6.45, 7) is 8.07. The average Bonchev–Trinajstić information content (AvgIpc) is 2.39. The predicted molar refractivity (Wildman–Crippen MR) is 55.3 cm³/mol. The van der Waals surface area contributed by atoms with Crippen molar-refractivity contribution in [1.82, 2.24) is 5.32 Å². The van der Waals surface area contributed by atoms with Crippen molar-refractivity contribution in [2.75, 3.05) is 26.4 Å². The molecule has 0 spiro atoms. The van der Waals surface area contributed by atoms with E-state index in [9.17, 15) is 0 Å². The van der Waals surface area contributed by atoms with Crippen LogP contribution in [-0.2, 0) is 9.47 Å². The van der Waals surface area contributed by atoms with E-state index in [1.165, 1.54) is 0 Å². The van der Waals surface area contributed by atoms with Gasteiger partial charge in [-0.15, -0.1) is 0 Å². The van der Waals surface area contributed by atoms with Crippen LogP contribution in [0.1, 0.15) is 20.3 Å². The predicted octanol–water partition coefficient (Wildman–Crippen LogP) is 1.04. The molecule has 3 heteroatoms. The Morgan fingerprint density at radius 1 is 1.29 bits per heavy atom. The Morgan fingerprint density at radius 3 is 2.93 bits per heavy atom. The number of ether oxygens (including phenoxy) is 2. The van der Waals surface area contributed by atoms with Gasteiger partial charge in [-0.3, -0.25) is 0 Å². The molecule has 0 radical (unpaired) electrons. The lowest BCUT2D eigenvalue weighted by molar-refractivity contribution is -0.0219. The first-order chi connectivity index (χ1) is 6.77. The molecule has 3 unspecified atom stereocenters. The zero-order chi connectivity index (χ0) is 9.97. The van der Waals surface area contributed by atoms with Crippen LogP contribution in [0, 0.1) is 11.8 Å². The summed E-state index contributed by atoms with van der Waals surface area (Å²) in [5, 5.41) is 3.61. The van der Waals surface area contributed by atoms with Crippen molar-refractivity contribution in [3.63, 3.8) is 0 Å². The van der Waals surface area contributed by atoms with E-state index in [0.29, 0.717) is 24.0 Å². The van der Waals surface area contributed by atoms with Gasteiger partial charge in [0.05, 0.1) is 19.3 Å². The van der Waals surface area contributed by atoms with Crippen molar-refractivity contribution in [1.29, 1.82) is 0 Å². The van der Waals surface area contributed by atoms with Crippen molar-refractivity contribution < 1.29 is 9.47 Å². The van der Waals surface area contributed by atoms with Crippen LogP contribution in [0.2, 0.25) is 0 Å². The van der Waals surface area contributed by atoms with Gasteiger partial charge in [-0.2, -0.15) is 0 Å². The third kappa shape index (κ3) is 2.27. The largest absolute Gasteiger partial charge is 0.381 e. The van der Waals surface area contributed by atoms with Gasteiger partial charge in [-0.1, -0.05) is 13.8 Å². The van der Waals surface area contributed by atoms with Gasteiger partial charge in [0.2, 0.25) is 0 Å². The summed E-state index contributed by atoms with van der Waals surface area (Å²) < 4.78 is 11.4. The third-order valence-corrected chi connectivity index (χ3v) is 3.32. The minimum atomic E-state index is 0.376. The Kier molecular flexibility index (Phi) is 3.42.